The molecule has 80 valence electrons. The summed E-state index contributed by atoms with van der Waals surface area (Å²) in [6.07, 6.45) is -2.96. The van der Waals surface area contributed by atoms with Gasteiger partial charge in [0.25, 0.3) is 0 Å². The van der Waals surface area contributed by atoms with Gasteiger partial charge in [0.1, 0.15) is 5.82 Å². The maximum absolute atomic E-state index is 12.1. The third-order valence-electron chi connectivity index (χ3n) is 1.88. The Bertz CT molecular complexity index is 367. The third kappa shape index (κ3) is 2.00. The Morgan fingerprint density at radius 1 is 1.43 bits per heavy atom. The molecule has 1 aromatic heterocycles. The topological polar surface area (TPSA) is 39.8 Å². The molecule has 0 unspecified atom stereocenters. The average molecular weight is 205 g/mol. The minimum atomic E-state index is -2.48. The van der Waals surface area contributed by atoms with Crippen LogP contribution < -0.4 is 5.69 Å². The second kappa shape index (κ2) is 3.89. The normalized spacial score (nSPS) is 11.6. The fourth-order valence-electron chi connectivity index (χ4n) is 1.33. The first-order valence-corrected chi connectivity index (χ1v) is 4.36. The predicted molar refractivity (Wildman–Crippen MR) is 47.6 cm³/mol. The molecule has 0 aromatic carbocycles. The molecule has 1 heterocycles. The van der Waals surface area contributed by atoms with Gasteiger partial charge in [-0.2, -0.15) is 5.10 Å². The fraction of sp³-hybridized carbons (Fsp3) is 0.750. The van der Waals surface area contributed by atoms with Gasteiger partial charge in [0, 0.05) is 13.1 Å². The molecule has 14 heavy (non-hydrogen) atoms. The first-order chi connectivity index (χ1) is 6.43. The largest absolute Gasteiger partial charge is 0.345 e. The molecule has 0 N–H and O–H groups in total. The monoisotopic (exact) mass is 205 g/mol. The molecular weight excluding hydrogens is 192 g/mol. The first kappa shape index (κ1) is 10.9. The van der Waals surface area contributed by atoms with Crippen LogP contribution in [0.4, 0.5) is 8.78 Å². The minimum absolute atomic E-state index is 0.141. The number of nitrogens with zero attached hydrogens (tertiary/aromatic N) is 3. The molecule has 0 bridgehead atoms. The van der Waals surface area contributed by atoms with Gasteiger partial charge in [-0.15, -0.1) is 0 Å². The van der Waals surface area contributed by atoms with Crippen LogP contribution in [0.3, 0.4) is 0 Å². The van der Waals surface area contributed by atoms with Gasteiger partial charge >= 0.3 is 5.69 Å². The molecule has 0 aliphatic heterocycles. The number of alkyl halides is 2. The van der Waals surface area contributed by atoms with E-state index in [2.05, 4.69) is 5.10 Å². The van der Waals surface area contributed by atoms with E-state index in [-0.39, 0.29) is 17.6 Å². The van der Waals surface area contributed by atoms with Crippen molar-refractivity contribution in [2.75, 3.05) is 0 Å². The first-order valence-electron chi connectivity index (χ1n) is 4.36. The van der Waals surface area contributed by atoms with E-state index in [9.17, 15) is 13.6 Å². The molecule has 0 amide bonds. The molecule has 0 atom stereocenters. The molecule has 0 saturated heterocycles. The Morgan fingerprint density at radius 3 is 2.43 bits per heavy atom. The molecule has 4 nitrogen and oxygen atoms in total. The molecule has 0 radical (unpaired) electrons. The Morgan fingerprint density at radius 2 is 2.00 bits per heavy atom. The second-order valence-corrected chi connectivity index (χ2v) is 3.38. The van der Waals surface area contributed by atoms with Gasteiger partial charge in [0.05, 0.1) is 6.42 Å². The van der Waals surface area contributed by atoms with Crippen molar-refractivity contribution in [2.45, 2.75) is 32.7 Å². The maximum atomic E-state index is 12.1. The summed E-state index contributed by atoms with van der Waals surface area (Å²) in [5.41, 5.74) is -0.351. The van der Waals surface area contributed by atoms with Crippen molar-refractivity contribution >= 4 is 0 Å². The van der Waals surface area contributed by atoms with Crippen LogP contribution >= 0.6 is 0 Å². The van der Waals surface area contributed by atoms with Crippen molar-refractivity contribution in [1.82, 2.24) is 14.3 Å². The minimum Gasteiger partial charge on any atom is -0.276 e. The van der Waals surface area contributed by atoms with E-state index < -0.39 is 12.8 Å². The molecule has 1 aromatic rings. The van der Waals surface area contributed by atoms with Crippen LogP contribution in [0.1, 0.15) is 25.7 Å². The highest BCUT2D eigenvalue weighted by Gasteiger charge is 2.17. The smallest absolute Gasteiger partial charge is 0.276 e. The van der Waals surface area contributed by atoms with Gasteiger partial charge in [-0.1, -0.05) is 0 Å². The molecule has 0 aliphatic rings. The van der Waals surface area contributed by atoms with Gasteiger partial charge in [-0.25, -0.2) is 18.3 Å². The van der Waals surface area contributed by atoms with E-state index >= 15 is 0 Å². The van der Waals surface area contributed by atoms with E-state index in [0.29, 0.717) is 0 Å². The van der Waals surface area contributed by atoms with Gasteiger partial charge in [0.2, 0.25) is 6.43 Å². The Balaban J connectivity index is 3.16. The van der Waals surface area contributed by atoms with Crippen LogP contribution in [0.5, 0.6) is 0 Å². The van der Waals surface area contributed by atoms with E-state index in [1.807, 2.05) is 0 Å². The summed E-state index contributed by atoms with van der Waals surface area (Å²) in [6.45, 7) is 3.52. The summed E-state index contributed by atoms with van der Waals surface area (Å²) in [4.78, 5) is 11.4. The highest BCUT2D eigenvalue weighted by atomic mass is 19.3. The average Bonchev–Trinajstić information content (AvgIpc) is 2.26. The highest BCUT2D eigenvalue weighted by Crippen LogP contribution is 2.08. The highest BCUT2D eigenvalue weighted by molar-refractivity contribution is 4.90. The zero-order chi connectivity index (χ0) is 10.9. The van der Waals surface area contributed by atoms with Crippen LogP contribution in [0.2, 0.25) is 0 Å². The lowest BCUT2D eigenvalue weighted by Crippen LogP contribution is -2.25. The number of aromatic nitrogens is 3. The van der Waals surface area contributed by atoms with Crippen molar-refractivity contribution in [1.29, 1.82) is 0 Å². The molecule has 0 fully saturated rings. The van der Waals surface area contributed by atoms with Crippen LogP contribution in [-0.2, 0) is 13.5 Å². The fourth-order valence-corrected chi connectivity index (χ4v) is 1.33. The summed E-state index contributed by atoms with van der Waals surface area (Å²) in [6, 6.07) is -0.148. The quantitative estimate of drug-likeness (QED) is 0.737. The molecule has 0 aliphatic carbocycles. The van der Waals surface area contributed by atoms with Crippen molar-refractivity contribution in [3.05, 3.63) is 16.3 Å². The van der Waals surface area contributed by atoms with Gasteiger partial charge in [-0.05, 0) is 13.8 Å². The van der Waals surface area contributed by atoms with Crippen molar-refractivity contribution < 1.29 is 8.78 Å². The summed E-state index contributed by atoms with van der Waals surface area (Å²) in [5, 5.41) is 3.76. The molecule has 6 heteroatoms. The van der Waals surface area contributed by atoms with Gasteiger partial charge in [0.15, 0.2) is 0 Å². The predicted octanol–water partition coefficient (Wildman–Crippen LogP) is 0.970. The van der Waals surface area contributed by atoms with Crippen LogP contribution in [0, 0.1) is 0 Å². The van der Waals surface area contributed by atoms with E-state index in [1.165, 1.54) is 11.6 Å². The number of hydrogen-bond acceptors (Lipinski definition) is 2. The number of aryl methyl sites for hydroxylation is 1. The van der Waals surface area contributed by atoms with Crippen LogP contribution in [-0.4, -0.2) is 20.8 Å². The number of hydrogen-bond donors (Lipinski definition) is 0. The zero-order valence-corrected chi connectivity index (χ0v) is 8.37. The molecule has 1 rings (SSSR count). The maximum Gasteiger partial charge on any atom is 0.345 e. The van der Waals surface area contributed by atoms with Gasteiger partial charge in [-0.3, -0.25) is 4.57 Å². The van der Waals surface area contributed by atoms with E-state index in [1.54, 1.807) is 13.8 Å². The van der Waals surface area contributed by atoms with Gasteiger partial charge < -0.3 is 0 Å². The van der Waals surface area contributed by atoms with Crippen molar-refractivity contribution in [3.8, 4) is 0 Å². The number of rotatable bonds is 3. The van der Waals surface area contributed by atoms with E-state index in [4.69, 9.17) is 0 Å². The third-order valence-corrected chi connectivity index (χ3v) is 1.88. The molecular formula is C8H13F2N3O. The Hall–Kier alpha value is -1.20. The van der Waals surface area contributed by atoms with Crippen LogP contribution in [0.15, 0.2) is 4.79 Å². The lowest BCUT2D eigenvalue weighted by atomic mass is 10.3. The van der Waals surface area contributed by atoms with E-state index in [0.717, 1.165) is 4.68 Å². The lowest BCUT2D eigenvalue weighted by molar-refractivity contribution is 0.144. The summed E-state index contributed by atoms with van der Waals surface area (Å²) in [7, 11) is 1.45. The SMILES string of the molecule is CC(C)n1c(CC(F)F)nn(C)c1=O. The lowest BCUT2D eigenvalue weighted by Gasteiger charge is -2.07. The van der Waals surface area contributed by atoms with Crippen LogP contribution in [0.25, 0.3) is 0 Å². The Kier molecular flexibility index (Phi) is 3.03. The molecule has 0 saturated carbocycles. The molecule has 0 spiro atoms. The summed E-state index contributed by atoms with van der Waals surface area (Å²) < 4.78 is 26.6. The Labute approximate surface area is 80.2 Å². The van der Waals surface area contributed by atoms with Crippen molar-refractivity contribution in [2.24, 2.45) is 7.05 Å². The second-order valence-electron chi connectivity index (χ2n) is 3.38. The van der Waals surface area contributed by atoms with Crippen molar-refractivity contribution in [3.63, 3.8) is 0 Å². The summed E-state index contributed by atoms with van der Waals surface area (Å²) >= 11 is 0. The number of halogens is 2. The summed E-state index contributed by atoms with van der Waals surface area (Å²) in [5.74, 6) is 0.141. The zero-order valence-electron chi connectivity index (χ0n) is 8.37. The standard InChI is InChI=1S/C8H13F2N3O/c1-5(2)13-7(4-6(9)10)11-12(3)8(13)14/h5-6H,4H2,1-3H3.